The van der Waals surface area contributed by atoms with Gasteiger partial charge in [-0.2, -0.15) is 4.31 Å². The fraction of sp³-hybridized carbons (Fsp3) is 0.400. The maximum Gasteiger partial charge on any atom is 0.324 e. The summed E-state index contributed by atoms with van der Waals surface area (Å²) in [5.74, 6) is -0.635. The van der Waals surface area contributed by atoms with Gasteiger partial charge in [-0.25, -0.2) is 8.42 Å². The number of nitro groups is 1. The van der Waals surface area contributed by atoms with Gasteiger partial charge in [0, 0.05) is 18.7 Å². The molecule has 0 bridgehead atoms. The van der Waals surface area contributed by atoms with Crippen LogP contribution in [0.3, 0.4) is 0 Å². The van der Waals surface area contributed by atoms with Crippen LogP contribution in [0.25, 0.3) is 0 Å². The van der Waals surface area contributed by atoms with Crippen molar-refractivity contribution in [3.8, 4) is 0 Å². The molecule has 0 amide bonds. The highest BCUT2D eigenvalue weighted by Crippen LogP contribution is 2.29. The van der Waals surface area contributed by atoms with E-state index in [1.165, 1.54) is 31.0 Å². The van der Waals surface area contributed by atoms with Crippen LogP contribution in [0.1, 0.15) is 12.8 Å². The van der Waals surface area contributed by atoms with E-state index < -0.39 is 27.0 Å². The van der Waals surface area contributed by atoms with Gasteiger partial charge in [0.2, 0.25) is 10.0 Å². The quantitative estimate of drug-likeness (QED) is 0.433. The van der Waals surface area contributed by atoms with Crippen molar-refractivity contribution in [1.82, 2.24) is 4.31 Å². The topological polar surface area (TPSA) is 107 Å². The molecule has 0 fully saturated rings. The Labute approximate surface area is 150 Å². The molecule has 0 aliphatic carbocycles. The van der Waals surface area contributed by atoms with E-state index in [9.17, 15) is 23.3 Å². The molecule has 25 heavy (non-hydrogen) atoms. The molecule has 8 nitrogen and oxygen atoms in total. The number of nitrogens with zero attached hydrogens (tertiary/aromatic N) is 2. The number of ether oxygens (including phenoxy) is 1. The molecular formula is C15H18N2O6S2. The maximum atomic E-state index is 13.0. The Morgan fingerprint density at radius 1 is 1.36 bits per heavy atom. The Morgan fingerprint density at radius 3 is 2.52 bits per heavy atom. The first-order valence-corrected chi connectivity index (χ1v) is 10.0. The summed E-state index contributed by atoms with van der Waals surface area (Å²) in [4.78, 5) is 23.1. The molecule has 0 saturated heterocycles. The van der Waals surface area contributed by atoms with Crippen LogP contribution in [0.15, 0.2) is 40.1 Å². The zero-order chi connectivity index (χ0) is 18.6. The van der Waals surface area contributed by atoms with E-state index in [0.29, 0.717) is 6.42 Å². The summed E-state index contributed by atoms with van der Waals surface area (Å²) in [5, 5.41) is 10.7. The predicted octanol–water partition coefficient (Wildman–Crippen LogP) is 2.17. The van der Waals surface area contributed by atoms with E-state index in [0.717, 1.165) is 21.3 Å². The molecule has 10 heteroatoms. The van der Waals surface area contributed by atoms with Gasteiger partial charge in [0.15, 0.2) is 0 Å². The van der Waals surface area contributed by atoms with Crippen molar-refractivity contribution in [1.29, 1.82) is 0 Å². The van der Waals surface area contributed by atoms with Crippen LogP contribution in [0.2, 0.25) is 0 Å². The normalized spacial score (nSPS) is 19.0. The third kappa shape index (κ3) is 4.20. The highest BCUT2D eigenvalue weighted by molar-refractivity contribution is 8.02. The van der Waals surface area contributed by atoms with Gasteiger partial charge in [-0.05, 0) is 36.1 Å². The van der Waals surface area contributed by atoms with E-state index >= 15 is 0 Å². The number of hydrogen-bond acceptors (Lipinski definition) is 7. The number of non-ortho nitro benzene ring substituents is 1. The highest BCUT2D eigenvalue weighted by atomic mass is 32.2. The van der Waals surface area contributed by atoms with Gasteiger partial charge in [-0.3, -0.25) is 14.9 Å². The van der Waals surface area contributed by atoms with E-state index in [2.05, 4.69) is 0 Å². The molecule has 0 spiro atoms. The number of thioether (sulfide) groups is 1. The number of sulfonamides is 1. The van der Waals surface area contributed by atoms with Gasteiger partial charge in [0.1, 0.15) is 6.04 Å². The van der Waals surface area contributed by atoms with Crippen LogP contribution in [-0.2, 0) is 19.6 Å². The summed E-state index contributed by atoms with van der Waals surface area (Å²) in [6, 6.07) is 3.65. The average Bonchev–Trinajstić information content (AvgIpc) is 2.84. The minimum Gasteiger partial charge on any atom is -0.468 e. The smallest absolute Gasteiger partial charge is 0.324 e. The molecule has 0 aromatic heterocycles. The number of methoxy groups -OCH3 is 1. The fourth-order valence-corrected chi connectivity index (χ4v) is 4.68. The first-order chi connectivity index (χ1) is 11.8. The van der Waals surface area contributed by atoms with Gasteiger partial charge >= 0.3 is 5.97 Å². The van der Waals surface area contributed by atoms with Crippen LogP contribution >= 0.6 is 11.8 Å². The molecule has 1 aliphatic heterocycles. The molecule has 1 aromatic carbocycles. The zero-order valence-corrected chi connectivity index (χ0v) is 15.4. The van der Waals surface area contributed by atoms with E-state index in [4.69, 9.17) is 4.74 Å². The van der Waals surface area contributed by atoms with E-state index in [1.54, 1.807) is 0 Å². The molecule has 1 aliphatic rings. The molecule has 1 heterocycles. The number of esters is 1. The van der Waals surface area contributed by atoms with Crippen LogP contribution in [0.5, 0.6) is 0 Å². The lowest BCUT2D eigenvalue weighted by Crippen LogP contribution is -2.45. The highest BCUT2D eigenvalue weighted by Gasteiger charge is 2.37. The SMILES string of the molecule is COC(=O)[C@@H]1CC=C(SC)CCN1S(=O)(=O)c1ccc([N+](=O)[O-])cc1. The summed E-state index contributed by atoms with van der Waals surface area (Å²) in [6.45, 7) is 0.131. The Bertz CT molecular complexity index is 789. The standard InChI is InChI=1S/C15H18N2O6S2/c1-23-15(18)14-8-5-12(24-2)9-10-16(14)25(21,22)13-6-3-11(4-7-13)17(19)20/h3-7,14H,8-10H2,1-2H3/t14-/m0/s1. The predicted molar refractivity (Wildman–Crippen MR) is 93.6 cm³/mol. The van der Waals surface area contributed by atoms with Crippen LogP contribution in [0.4, 0.5) is 5.69 Å². The zero-order valence-electron chi connectivity index (χ0n) is 13.7. The summed E-state index contributed by atoms with van der Waals surface area (Å²) < 4.78 is 31.8. The monoisotopic (exact) mass is 386 g/mol. The molecular weight excluding hydrogens is 368 g/mol. The number of carbonyl (C=O) groups is 1. The lowest BCUT2D eigenvalue weighted by atomic mass is 10.2. The first kappa shape index (κ1) is 19.4. The van der Waals surface area contributed by atoms with Crippen molar-refractivity contribution < 1.29 is 22.9 Å². The largest absolute Gasteiger partial charge is 0.468 e. The van der Waals surface area contributed by atoms with Crippen molar-refractivity contribution in [2.45, 2.75) is 23.8 Å². The Morgan fingerprint density at radius 2 is 2.00 bits per heavy atom. The van der Waals surface area contributed by atoms with Gasteiger partial charge in [0.05, 0.1) is 16.9 Å². The second-order valence-electron chi connectivity index (χ2n) is 5.27. The number of carbonyl (C=O) groups excluding carboxylic acids is 1. The van der Waals surface area contributed by atoms with Crippen molar-refractivity contribution in [3.63, 3.8) is 0 Å². The third-order valence-corrected chi connectivity index (χ3v) is 6.70. The third-order valence-electron chi connectivity index (χ3n) is 3.88. The van der Waals surface area contributed by atoms with Crippen LogP contribution in [0, 0.1) is 10.1 Å². The van der Waals surface area contributed by atoms with Crippen LogP contribution < -0.4 is 0 Å². The minimum atomic E-state index is -4.00. The van der Waals surface area contributed by atoms with Crippen molar-refractivity contribution in [2.75, 3.05) is 19.9 Å². The summed E-state index contributed by atoms with van der Waals surface area (Å²) >= 11 is 1.51. The molecule has 0 saturated carbocycles. The Balaban J connectivity index is 2.40. The number of benzene rings is 1. The van der Waals surface area contributed by atoms with E-state index in [-0.39, 0.29) is 23.5 Å². The molecule has 2 rings (SSSR count). The summed E-state index contributed by atoms with van der Waals surface area (Å²) in [6.07, 6.45) is 4.44. The lowest BCUT2D eigenvalue weighted by molar-refractivity contribution is -0.384. The molecule has 0 unspecified atom stereocenters. The van der Waals surface area contributed by atoms with Gasteiger partial charge in [0.25, 0.3) is 5.69 Å². The molecule has 1 aromatic rings. The number of nitro benzene ring substituents is 1. The number of hydrogen-bond donors (Lipinski definition) is 0. The fourth-order valence-electron chi connectivity index (χ4n) is 2.54. The van der Waals surface area contributed by atoms with Crippen molar-refractivity contribution in [2.24, 2.45) is 0 Å². The van der Waals surface area contributed by atoms with Gasteiger partial charge in [-0.15, -0.1) is 11.8 Å². The maximum absolute atomic E-state index is 13.0. The van der Waals surface area contributed by atoms with Crippen molar-refractivity contribution >= 4 is 33.4 Å². The molecule has 0 radical (unpaired) electrons. The lowest BCUT2D eigenvalue weighted by Gasteiger charge is -2.27. The minimum absolute atomic E-state index is 0.0976. The van der Waals surface area contributed by atoms with Gasteiger partial charge < -0.3 is 4.74 Å². The number of rotatable bonds is 5. The molecule has 0 N–H and O–H groups in total. The second kappa shape index (κ2) is 7.98. The second-order valence-corrected chi connectivity index (χ2v) is 8.09. The van der Waals surface area contributed by atoms with Crippen molar-refractivity contribution in [3.05, 3.63) is 45.4 Å². The summed E-state index contributed by atoms with van der Waals surface area (Å²) in [7, 11) is -2.79. The average molecular weight is 386 g/mol. The Kier molecular flexibility index (Phi) is 6.20. The molecule has 136 valence electrons. The first-order valence-electron chi connectivity index (χ1n) is 7.38. The summed E-state index contributed by atoms with van der Waals surface area (Å²) in [5.41, 5.74) is -0.203. The Hall–Kier alpha value is -1.91. The van der Waals surface area contributed by atoms with E-state index in [1.807, 2.05) is 12.3 Å². The van der Waals surface area contributed by atoms with Gasteiger partial charge in [-0.1, -0.05) is 6.08 Å². The molecule has 1 atom stereocenters. The van der Waals surface area contributed by atoms with Crippen LogP contribution in [-0.4, -0.2) is 49.6 Å².